The van der Waals surface area contributed by atoms with Gasteiger partial charge in [0.25, 0.3) is 0 Å². The van der Waals surface area contributed by atoms with E-state index < -0.39 is 0 Å². The van der Waals surface area contributed by atoms with E-state index in [1.807, 2.05) is 6.92 Å². The van der Waals surface area contributed by atoms with Gasteiger partial charge in [-0.3, -0.25) is 9.59 Å². The second-order valence-electron chi connectivity index (χ2n) is 6.77. The van der Waals surface area contributed by atoms with E-state index in [-0.39, 0.29) is 18.0 Å². The van der Waals surface area contributed by atoms with Crippen LogP contribution >= 0.6 is 0 Å². The lowest BCUT2D eigenvalue weighted by molar-refractivity contribution is -0.149. The molecule has 0 radical (unpaired) electrons. The Hall–Kier alpha value is -1.06. The summed E-state index contributed by atoms with van der Waals surface area (Å²) in [6, 6.07) is 0. The number of hydrogen-bond acceptors (Lipinski definition) is 4. The first-order valence-corrected chi connectivity index (χ1v) is 9.30. The standard InChI is InChI=1S/C19H36O4/c1-5-6-7-11-14-22-18(20)12-9-8-10-13-19(21)23-17(4)15-16(2)3/h16-17H,5-15H2,1-4H3. The molecular formula is C19H36O4. The van der Waals surface area contributed by atoms with Crippen LogP contribution in [-0.2, 0) is 19.1 Å². The van der Waals surface area contributed by atoms with Crippen molar-refractivity contribution in [2.75, 3.05) is 6.61 Å². The highest BCUT2D eigenvalue weighted by atomic mass is 16.5. The lowest BCUT2D eigenvalue weighted by atomic mass is 10.1. The Morgan fingerprint density at radius 2 is 1.43 bits per heavy atom. The zero-order valence-electron chi connectivity index (χ0n) is 15.6. The van der Waals surface area contributed by atoms with E-state index in [1.165, 1.54) is 12.8 Å². The Balaban J connectivity index is 3.46. The smallest absolute Gasteiger partial charge is 0.306 e. The van der Waals surface area contributed by atoms with Crippen LogP contribution in [0.5, 0.6) is 0 Å². The zero-order valence-corrected chi connectivity index (χ0v) is 15.6. The molecule has 4 nitrogen and oxygen atoms in total. The van der Waals surface area contributed by atoms with Crippen LogP contribution in [0.15, 0.2) is 0 Å². The maximum Gasteiger partial charge on any atom is 0.306 e. The molecule has 0 saturated carbocycles. The summed E-state index contributed by atoms with van der Waals surface area (Å²) in [4.78, 5) is 23.2. The summed E-state index contributed by atoms with van der Waals surface area (Å²) in [5.74, 6) is 0.289. The van der Waals surface area contributed by atoms with Crippen molar-refractivity contribution in [2.24, 2.45) is 5.92 Å². The molecule has 0 aromatic carbocycles. The lowest BCUT2D eigenvalue weighted by Crippen LogP contribution is -2.16. The number of hydrogen-bond donors (Lipinski definition) is 0. The van der Waals surface area contributed by atoms with Gasteiger partial charge in [0.05, 0.1) is 12.7 Å². The summed E-state index contributed by atoms with van der Waals surface area (Å²) in [6.07, 6.45) is 8.66. The highest BCUT2D eigenvalue weighted by Crippen LogP contribution is 2.11. The van der Waals surface area contributed by atoms with Crippen molar-refractivity contribution in [1.29, 1.82) is 0 Å². The van der Waals surface area contributed by atoms with E-state index in [4.69, 9.17) is 9.47 Å². The van der Waals surface area contributed by atoms with Gasteiger partial charge in [0, 0.05) is 12.8 Å². The summed E-state index contributed by atoms with van der Waals surface area (Å²) in [6.45, 7) is 8.88. The molecule has 0 heterocycles. The van der Waals surface area contributed by atoms with E-state index in [9.17, 15) is 9.59 Å². The van der Waals surface area contributed by atoms with Crippen molar-refractivity contribution >= 4 is 11.9 Å². The summed E-state index contributed by atoms with van der Waals surface area (Å²) < 4.78 is 10.5. The Morgan fingerprint density at radius 1 is 0.826 bits per heavy atom. The largest absolute Gasteiger partial charge is 0.466 e. The quantitative estimate of drug-likeness (QED) is 0.331. The third-order valence-electron chi connectivity index (χ3n) is 3.66. The molecule has 0 fully saturated rings. The minimum Gasteiger partial charge on any atom is -0.466 e. The minimum atomic E-state index is -0.128. The lowest BCUT2D eigenvalue weighted by Gasteiger charge is -2.15. The number of carbonyl (C=O) groups is 2. The average Bonchev–Trinajstić information content (AvgIpc) is 2.45. The molecule has 0 saturated heterocycles. The second-order valence-corrected chi connectivity index (χ2v) is 6.77. The van der Waals surface area contributed by atoms with Crippen molar-refractivity contribution in [2.45, 2.75) is 98.0 Å². The Bertz CT molecular complexity index is 312. The van der Waals surface area contributed by atoms with E-state index >= 15 is 0 Å². The molecule has 4 heteroatoms. The second kappa shape index (κ2) is 14.5. The zero-order chi connectivity index (χ0) is 17.5. The van der Waals surface area contributed by atoms with Gasteiger partial charge in [0.2, 0.25) is 0 Å². The first kappa shape index (κ1) is 21.9. The molecule has 0 bridgehead atoms. The van der Waals surface area contributed by atoms with Gasteiger partial charge >= 0.3 is 11.9 Å². The van der Waals surface area contributed by atoms with E-state index in [0.29, 0.717) is 25.4 Å². The van der Waals surface area contributed by atoms with Crippen molar-refractivity contribution in [3.63, 3.8) is 0 Å². The minimum absolute atomic E-state index is 0.00909. The van der Waals surface area contributed by atoms with Crippen LogP contribution in [0.1, 0.15) is 91.9 Å². The fraction of sp³-hybridized carbons (Fsp3) is 0.895. The molecule has 0 rings (SSSR count). The van der Waals surface area contributed by atoms with Crippen LogP contribution in [0.3, 0.4) is 0 Å². The van der Waals surface area contributed by atoms with Crippen LogP contribution in [0.2, 0.25) is 0 Å². The van der Waals surface area contributed by atoms with Crippen molar-refractivity contribution in [3.8, 4) is 0 Å². The number of ether oxygens (including phenoxy) is 2. The third-order valence-corrected chi connectivity index (χ3v) is 3.66. The van der Waals surface area contributed by atoms with Crippen molar-refractivity contribution in [1.82, 2.24) is 0 Å². The predicted octanol–water partition coefficient (Wildman–Crippen LogP) is 5.04. The molecule has 1 atom stereocenters. The van der Waals surface area contributed by atoms with Gasteiger partial charge in [-0.1, -0.05) is 46.5 Å². The van der Waals surface area contributed by atoms with Crippen LogP contribution in [0, 0.1) is 5.92 Å². The Morgan fingerprint density at radius 3 is 2.04 bits per heavy atom. The molecule has 0 aromatic rings. The molecule has 0 N–H and O–H groups in total. The van der Waals surface area contributed by atoms with E-state index in [2.05, 4.69) is 20.8 Å². The maximum absolute atomic E-state index is 11.6. The average molecular weight is 328 g/mol. The summed E-state index contributed by atoms with van der Waals surface area (Å²) in [5, 5.41) is 0. The highest BCUT2D eigenvalue weighted by Gasteiger charge is 2.11. The van der Waals surface area contributed by atoms with Gasteiger partial charge in [-0.25, -0.2) is 0 Å². The van der Waals surface area contributed by atoms with E-state index in [0.717, 1.165) is 38.5 Å². The molecule has 0 amide bonds. The van der Waals surface area contributed by atoms with Crippen LogP contribution < -0.4 is 0 Å². The SMILES string of the molecule is CCCCCCOC(=O)CCCCCC(=O)OC(C)CC(C)C. The fourth-order valence-electron chi connectivity index (χ4n) is 2.50. The molecule has 0 aliphatic rings. The molecule has 136 valence electrons. The third kappa shape index (κ3) is 15.6. The fourth-order valence-corrected chi connectivity index (χ4v) is 2.50. The molecule has 0 aliphatic heterocycles. The molecule has 23 heavy (non-hydrogen) atoms. The number of rotatable bonds is 14. The topological polar surface area (TPSA) is 52.6 Å². The highest BCUT2D eigenvalue weighted by molar-refractivity contribution is 5.70. The summed E-state index contributed by atoms with van der Waals surface area (Å²) in [5.41, 5.74) is 0. The van der Waals surface area contributed by atoms with Crippen LogP contribution in [-0.4, -0.2) is 24.6 Å². The summed E-state index contributed by atoms with van der Waals surface area (Å²) >= 11 is 0. The van der Waals surface area contributed by atoms with Crippen molar-refractivity contribution < 1.29 is 19.1 Å². The monoisotopic (exact) mass is 328 g/mol. The first-order valence-electron chi connectivity index (χ1n) is 9.30. The number of carbonyl (C=O) groups excluding carboxylic acids is 2. The van der Waals surface area contributed by atoms with Gasteiger partial charge in [0.1, 0.15) is 0 Å². The predicted molar refractivity (Wildman–Crippen MR) is 93.2 cm³/mol. The maximum atomic E-state index is 11.6. The van der Waals surface area contributed by atoms with Crippen LogP contribution in [0.4, 0.5) is 0 Å². The molecule has 0 aromatic heterocycles. The van der Waals surface area contributed by atoms with Gasteiger partial charge in [-0.15, -0.1) is 0 Å². The number of esters is 2. The number of unbranched alkanes of at least 4 members (excludes halogenated alkanes) is 5. The Labute approximate surface area is 142 Å². The van der Waals surface area contributed by atoms with Gasteiger partial charge in [0.15, 0.2) is 0 Å². The summed E-state index contributed by atoms with van der Waals surface area (Å²) in [7, 11) is 0. The van der Waals surface area contributed by atoms with Gasteiger partial charge < -0.3 is 9.47 Å². The van der Waals surface area contributed by atoms with E-state index in [1.54, 1.807) is 0 Å². The normalized spacial score (nSPS) is 12.2. The van der Waals surface area contributed by atoms with Gasteiger partial charge in [-0.2, -0.15) is 0 Å². The van der Waals surface area contributed by atoms with Crippen LogP contribution in [0.25, 0.3) is 0 Å². The molecular weight excluding hydrogens is 292 g/mol. The van der Waals surface area contributed by atoms with Crippen molar-refractivity contribution in [3.05, 3.63) is 0 Å². The molecule has 0 spiro atoms. The first-order chi connectivity index (χ1) is 11.0. The molecule has 0 aliphatic carbocycles. The molecule has 1 unspecified atom stereocenters. The van der Waals surface area contributed by atoms with Gasteiger partial charge in [-0.05, 0) is 38.5 Å². The Kier molecular flexibility index (Phi) is 13.9.